The van der Waals surface area contributed by atoms with Gasteiger partial charge in [0.1, 0.15) is 28.8 Å². The highest BCUT2D eigenvalue weighted by molar-refractivity contribution is 5.99. The molecule has 6 rings (SSSR count). The van der Waals surface area contributed by atoms with Crippen molar-refractivity contribution in [1.29, 1.82) is 0 Å². The van der Waals surface area contributed by atoms with E-state index in [2.05, 4.69) is 10.3 Å². The first-order valence-corrected chi connectivity index (χ1v) is 15.6. The second-order valence-corrected chi connectivity index (χ2v) is 13.0. The van der Waals surface area contributed by atoms with E-state index >= 15 is 4.39 Å². The number of hydrogen-bond acceptors (Lipinski definition) is 6. The predicted octanol–water partition coefficient (Wildman–Crippen LogP) is 7.08. The minimum absolute atomic E-state index is 0.0117. The molecule has 0 saturated heterocycles. The molecular formula is C35H39F3N4O3. The molecule has 3 aliphatic rings. The standard InChI is InChI=1S/C35H39F3N4O3/c1-18(2)23-11-25(28(38)13-27(23)37)32-33-24(19(3)16-45-33)12-29(42-32)26(35(17-36)7-8-35)15-41-34(43)20-9-21(14-40-22-5-6-22)31(39)30(10-20)44-4/h9-14,18-19,22,26H,5-8,15-17,39H2,1-4H3,(H,41,43). The second-order valence-electron chi connectivity index (χ2n) is 13.0. The van der Waals surface area contributed by atoms with Gasteiger partial charge in [0.25, 0.3) is 5.91 Å². The van der Waals surface area contributed by atoms with Crippen LogP contribution in [-0.4, -0.2) is 50.1 Å². The van der Waals surface area contributed by atoms with Gasteiger partial charge in [-0.05, 0) is 61.4 Å². The van der Waals surface area contributed by atoms with E-state index < -0.39 is 29.6 Å². The van der Waals surface area contributed by atoms with Crippen molar-refractivity contribution in [3.05, 3.63) is 69.9 Å². The van der Waals surface area contributed by atoms with Gasteiger partial charge in [-0.3, -0.25) is 14.2 Å². The number of carbonyl (C=O) groups is 1. The lowest BCUT2D eigenvalue weighted by Crippen LogP contribution is -2.33. The number of hydrogen-bond donors (Lipinski definition) is 2. The lowest BCUT2D eigenvalue weighted by atomic mass is 9.84. The number of alkyl halides is 1. The van der Waals surface area contributed by atoms with Crippen LogP contribution in [0.1, 0.15) is 97.0 Å². The summed E-state index contributed by atoms with van der Waals surface area (Å²) in [6.45, 7) is 5.57. The normalized spacial score (nSPS) is 19.0. The quantitative estimate of drug-likeness (QED) is 0.176. The van der Waals surface area contributed by atoms with Crippen molar-refractivity contribution in [1.82, 2.24) is 10.3 Å². The monoisotopic (exact) mass is 620 g/mol. The molecule has 238 valence electrons. The molecule has 0 spiro atoms. The van der Waals surface area contributed by atoms with E-state index in [0.717, 1.165) is 24.5 Å². The maximum Gasteiger partial charge on any atom is 0.251 e. The molecule has 45 heavy (non-hydrogen) atoms. The largest absolute Gasteiger partial charge is 0.495 e. The van der Waals surface area contributed by atoms with Crippen LogP contribution in [0.25, 0.3) is 11.3 Å². The van der Waals surface area contributed by atoms with Gasteiger partial charge in [0.2, 0.25) is 0 Å². The minimum Gasteiger partial charge on any atom is -0.495 e. The number of anilines is 1. The number of nitrogen functional groups attached to an aromatic ring is 1. The topological polar surface area (TPSA) is 98.8 Å². The van der Waals surface area contributed by atoms with Gasteiger partial charge in [-0.1, -0.05) is 20.8 Å². The summed E-state index contributed by atoms with van der Waals surface area (Å²) in [4.78, 5) is 22.9. The minimum atomic E-state index is -0.748. The Labute approximate surface area is 261 Å². The van der Waals surface area contributed by atoms with E-state index in [9.17, 15) is 13.6 Å². The SMILES string of the molecule is COc1cc(C(=O)NCC(c2cc3c(c(-c4cc(C(C)C)c(F)cc4F)n2)OCC3C)C2(CF)CC2)cc(C=NC2CC2)c1N. The number of amides is 1. The second kappa shape index (κ2) is 12.0. The van der Waals surface area contributed by atoms with Gasteiger partial charge in [-0.25, -0.2) is 13.8 Å². The van der Waals surface area contributed by atoms with Crippen LogP contribution >= 0.6 is 0 Å². The zero-order valence-corrected chi connectivity index (χ0v) is 26.1. The van der Waals surface area contributed by atoms with Gasteiger partial charge in [0, 0.05) is 64.0 Å². The molecule has 0 bridgehead atoms. The Hall–Kier alpha value is -4.08. The van der Waals surface area contributed by atoms with Crippen LogP contribution in [0.5, 0.6) is 11.5 Å². The van der Waals surface area contributed by atoms with Crippen molar-refractivity contribution >= 4 is 17.8 Å². The van der Waals surface area contributed by atoms with Crippen LogP contribution in [0.15, 0.2) is 35.3 Å². The predicted molar refractivity (Wildman–Crippen MR) is 168 cm³/mol. The van der Waals surface area contributed by atoms with Gasteiger partial charge >= 0.3 is 0 Å². The molecule has 1 aliphatic heterocycles. The molecule has 2 aliphatic carbocycles. The number of carbonyl (C=O) groups excluding carboxylic acids is 1. The van der Waals surface area contributed by atoms with Crippen molar-refractivity contribution in [2.75, 3.05) is 32.7 Å². The lowest BCUT2D eigenvalue weighted by molar-refractivity contribution is 0.0944. The zero-order valence-electron chi connectivity index (χ0n) is 26.1. The van der Waals surface area contributed by atoms with Crippen molar-refractivity contribution in [3.63, 3.8) is 0 Å². The molecular weight excluding hydrogens is 581 g/mol. The Bertz CT molecular complexity index is 1670. The van der Waals surface area contributed by atoms with Gasteiger partial charge in [-0.2, -0.15) is 0 Å². The first-order chi connectivity index (χ1) is 21.5. The number of rotatable bonds is 11. The zero-order chi connectivity index (χ0) is 32.0. The molecule has 2 aromatic carbocycles. The molecule has 3 N–H and O–H groups in total. The number of methoxy groups -OCH3 is 1. The van der Waals surface area contributed by atoms with Crippen LogP contribution < -0.4 is 20.5 Å². The van der Waals surface area contributed by atoms with Crippen LogP contribution in [0.2, 0.25) is 0 Å². The maximum atomic E-state index is 15.4. The summed E-state index contributed by atoms with van der Waals surface area (Å²) >= 11 is 0. The fourth-order valence-electron chi connectivity index (χ4n) is 6.07. The number of aromatic nitrogens is 1. The average molecular weight is 621 g/mol. The summed E-state index contributed by atoms with van der Waals surface area (Å²) < 4.78 is 56.1. The van der Waals surface area contributed by atoms with E-state index in [1.54, 1.807) is 18.3 Å². The van der Waals surface area contributed by atoms with E-state index in [0.29, 0.717) is 59.0 Å². The van der Waals surface area contributed by atoms with Crippen molar-refractivity contribution in [3.8, 4) is 22.8 Å². The smallest absolute Gasteiger partial charge is 0.251 e. The average Bonchev–Trinajstić information content (AvgIpc) is 3.95. The first kappa shape index (κ1) is 30.9. The van der Waals surface area contributed by atoms with Crippen LogP contribution in [0.3, 0.4) is 0 Å². The van der Waals surface area contributed by atoms with Crippen LogP contribution in [0.4, 0.5) is 18.9 Å². The summed E-state index contributed by atoms with van der Waals surface area (Å²) in [6, 6.07) is 7.80. The molecule has 7 nitrogen and oxygen atoms in total. The number of benzene rings is 2. The van der Waals surface area contributed by atoms with Crippen molar-refractivity contribution < 1.29 is 27.4 Å². The molecule has 2 atom stereocenters. The third-order valence-electron chi connectivity index (χ3n) is 9.34. The number of halogens is 3. The van der Waals surface area contributed by atoms with E-state index in [4.69, 9.17) is 20.2 Å². The molecule has 2 fully saturated rings. The Morgan fingerprint density at radius 3 is 2.60 bits per heavy atom. The number of nitrogens with two attached hydrogens (primary N) is 1. The number of nitrogens with one attached hydrogen (secondary N) is 1. The lowest BCUT2D eigenvalue weighted by Gasteiger charge is -2.26. The molecule has 2 saturated carbocycles. The number of aliphatic imine (C=N–C) groups is 1. The summed E-state index contributed by atoms with van der Waals surface area (Å²) in [7, 11) is 1.49. The van der Waals surface area contributed by atoms with Crippen LogP contribution in [0, 0.1) is 17.0 Å². The summed E-state index contributed by atoms with van der Waals surface area (Å²) in [5, 5.41) is 2.99. The Kier molecular flexibility index (Phi) is 8.26. The number of nitrogens with zero attached hydrogens (tertiary/aromatic N) is 2. The van der Waals surface area contributed by atoms with Crippen molar-refractivity contribution in [2.45, 2.75) is 70.3 Å². The van der Waals surface area contributed by atoms with E-state index in [-0.39, 0.29) is 41.6 Å². The van der Waals surface area contributed by atoms with Gasteiger partial charge in [0.15, 0.2) is 0 Å². The van der Waals surface area contributed by atoms with Crippen LogP contribution in [-0.2, 0) is 0 Å². The summed E-state index contributed by atoms with van der Waals surface area (Å²) in [5.41, 5.74) is 9.00. The molecule has 10 heteroatoms. The summed E-state index contributed by atoms with van der Waals surface area (Å²) in [6.07, 6.45) is 4.99. The molecule has 3 aromatic rings. The Balaban J connectivity index is 1.36. The maximum absolute atomic E-state index is 15.4. The fraction of sp³-hybridized carbons (Fsp3) is 0.457. The number of ether oxygens (including phenoxy) is 2. The molecule has 2 unspecified atom stereocenters. The number of pyridine rings is 1. The van der Waals surface area contributed by atoms with Gasteiger partial charge in [-0.15, -0.1) is 0 Å². The van der Waals surface area contributed by atoms with Gasteiger partial charge < -0.3 is 20.5 Å². The molecule has 1 aromatic heterocycles. The Morgan fingerprint density at radius 2 is 1.96 bits per heavy atom. The molecule has 0 radical (unpaired) electrons. The van der Waals surface area contributed by atoms with E-state index in [1.165, 1.54) is 13.2 Å². The third-order valence-corrected chi connectivity index (χ3v) is 9.34. The highest BCUT2D eigenvalue weighted by Crippen LogP contribution is 2.57. The third kappa shape index (κ3) is 5.99. The van der Waals surface area contributed by atoms with E-state index in [1.807, 2.05) is 26.8 Å². The molecule has 1 amide bonds. The van der Waals surface area contributed by atoms with Gasteiger partial charge in [0.05, 0.1) is 32.1 Å². The molecule has 2 heterocycles. The Morgan fingerprint density at radius 1 is 1.20 bits per heavy atom. The first-order valence-electron chi connectivity index (χ1n) is 15.6. The summed E-state index contributed by atoms with van der Waals surface area (Å²) in [5.74, 6) is -1.62. The highest BCUT2D eigenvalue weighted by atomic mass is 19.1. The highest BCUT2D eigenvalue weighted by Gasteiger charge is 2.51. The van der Waals surface area contributed by atoms with Crippen molar-refractivity contribution in [2.24, 2.45) is 10.4 Å². The number of fused-ring (bicyclic) bond motifs is 1. The fourth-order valence-corrected chi connectivity index (χ4v) is 6.07.